The van der Waals surface area contributed by atoms with Gasteiger partial charge in [0.05, 0.1) is 0 Å². The molecule has 2 unspecified atom stereocenters. The number of amides is 1. The molecule has 1 saturated carbocycles. The fourth-order valence-electron chi connectivity index (χ4n) is 2.22. The normalized spacial score (nSPS) is 23.5. The minimum absolute atomic E-state index is 0.140. The van der Waals surface area contributed by atoms with Gasteiger partial charge in [-0.05, 0) is 25.7 Å². The van der Waals surface area contributed by atoms with E-state index in [1.165, 1.54) is 19.3 Å². The van der Waals surface area contributed by atoms with E-state index < -0.39 is 0 Å². The van der Waals surface area contributed by atoms with E-state index in [1.54, 1.807) is 0 Å². The third-order valence-electron chi connectivity index (χ3n) is 3.96. The zero-order chi connectivity index (χ0) is 12.2. The lowest BCUT2D eigenvalue weighted by Crippen LogP contribution is -2.46. The molecule has 3 heteroatoms. The number of alkyl halides is 1. The molecular formula is C13H24ClNO. The predicted octanol–water partition coefficient (Wildman–Crippen LogP) is 3.34. The molecule has 1 rings (SSSR count). The molecule has 0 aromatic carbocycles. The molecule has 0 heterocycles. The largest absolute Gasteiger partial charge is 0.353 e. The molecule has 1 amide bonds. The first-order valence-corrected chi connectivity index (χ1v) is 6.90. The van der Waals surface area contributed by atoms with E-state index in [9.17, 15) is 4.79 Å². The van der Waals surface area contributed by atoms with Gasteiger partial charge in [0.1, 0.15) is 0 Å². The maximum atomic E-state index is 12.2. The van der Waals surface area contributed by atoms with Crippen LogP contribution < -0.4 is 5.32 Å². The van der Waals surface area contributed by atoms with Crippen molar-refractivity contribution in [2.75, 3.05) is 5.88 Å². The minimum Gasteiger partial charge on any atom is -0.353 e. The average molecular weight is 246 g/mol. The molecule has 1 N–H and O–H groups in total. The Morgan fingerprint density at radius 1 is 1.31 bits per heavy atom. The van der Waals surface area contributed by atoms with Crippen molar-refractivity contribution in [1.82, 2.24) is 5.32 Å². The summed E-state index contributed by atoms with van der Waals surface area (Å²) in [5.74, 6) is 1.15. The van der Waals surface area contributed by atoms with Gasteiger partial charge in [-0.15, -0.1) is 11.6 Å². The fraction of sp³-hybridized carbons (Fsp3) is 0.923. The number of nitrogens with one attached hydrogen (secondary N) is 1. The smallest absolute Gasteiger partial charge is 0.226 e. The van der Waals surface area contributed by atoms with Crippen molar-refractivity contribution in [3.63, 3.8) is 0 Å². The number of rotatable bonds is 4. The molecule has 16 heavy (non-hydrogen) atoms. The van der Waals surface area contributed by atoms with Crippen LogP contribution in [-0.4, -0.2) is 17.8 Å². The predicted molar refractivity (Wildman–Crippen MR) is 68.7 cm³/mol. The van der Waals surface area contributed by atoms with Crippen molar-refractivity contribution in [1.29, 1.82) is 0 Å². The molecule has 2 atom stereocenters. The van der Waals surface area contributed by atoms with E-state index in [0.717, 1.165) is 12.8 Å². The topological polar surface area (TPSA) is 29.1 Å². The molecule has 0 saturated heterocycles. The van der Waals surface area contributed by atoms with Crippen molar-refractivity contribution < 1.29 is 4.79 Å². The van der Waals surface area contributed by atoms with E-state index in [-0.39, 0.29) is 17.4 Å². The lowest BCUT2D eigenvalue weighted by Gasteiger charge is -2.34. The van der Waals surface area contributed by atoms with Crippen LogP contribution in [0.5, 0.6) is 0 Å². The molecule has 1 aliphatic carbocycles. The molecule has 1 fully saturated rings. The van der Waals surface area contributed by atoms with Gasteiger partial charge in [-0.1, -0.05) is 33.1 Å². The van der Waals surface area contributed by atoms with Crippen LogP contribution >= 0.6 is 11.6 Å². The van der Waals surface area contributed by atoms with E-state index in [1.807, 2.05) is 6.92 Å². The summed E-state index contributed by atoms with van der Waals surface area (Å²) >= 11 is 5.80. The highest BCUT2D eigenvalue weighted by Gasteiger charge is 2.35. The van der Waals surface area contributed by atoms with Gasteiger partial charge in [0.2, 0.25) is 5.91 Å². The van der Waals surface area contributed by atoms with Crippen molar-refractivity contribution in [2.45, 2.75) is 58.9 Å². The summed E-state index contributed by atoms with van der Waals surface area (Å²) in [6.07, 6.45) is 5.70. The second-order valence-corrected chi connectivity index (χ2v) is 5.82. The number of carbonyl (C=O) groups excluding carboxylic acids is 1. The Morgan fingerprint density at radius 2 is 1.88 bits per heavy atom. The number of halogens is 1. The fourth-order valence-corrected chi connectivity index (χ4v) is 2.48. The van der Waals surface area contributed by atoms with Gasteiger partial charge in [0, 0.05) is 17.3 Å². The summed E-state index contributed by atoms with van der Waals surface area (Å²) in [6, 6.07) is 0.170. The van der Waals surface area contributed by atoms with Gasteiger partial charge in [-0.25, -0.2) is 0 Å². The minimum atomic E-state index is -0.140. The van der Waals surface area contributed by atoms with Crippen molar-refractivity contribution in [3.05, 3.63) is 0 Å². The van der Waals surface area contributed by atoms with Crippen LogP contribution in [0.1, 0.15) is 52.9 Å². The van der Waals surface area contributed by atoms with Crippen LogP contribution in [0.2, 0.25) is 0 Å². The Bertz CT molecular complexity index is 236. The molecule has 94 valence electrons. The lowest BCUT2D eigenvalue weighted by molar-refractivity contribution is -0.132. The van der Waals surface area contributed by atoms with Crippen LogP contribution in [0.15, 0.2) is 0 Å². The summed E-state index contributed by atoms with van der Waals surface area (Å²) < 4.78 is 0. The van der Waals surface area contributed by atoms with Crippen molar-refractivity contribution in [2.24, 2.45) is 11.3 Å². The molecule has 0 bridgehead atoms. The Kier molecular flexibility index (Phi) is 5.10. The number of hydrogen-bond donors (Lipinski definition) is 1. The van der Waals surface area contributed by atoms with E-state index >= 15 is 0 Å². The summed E-state index contributed by atoms with van der Waals surface area (Å²) in [6.45, 7) is 6.21. The van der Waals surface area contributed by atoms with E-state index in [2.05, 4.69) is 19.2 Å². The monoisotopic (exact) mass is 245 g/mol. The highest BCUT2D eigenvalue weighted by molar-refractivity contribution is 6.18. The van der Waals surface area contributed by atoms with Gasteiger partial charge in [-0.2, -0.15) is 0 Å². The molecule has 2 nitrogen and oxygen atoms in total. The zero-order valence-electron chi connectivity index (χ0n) is 10.7. The Hall–Kier alpha value is -0.240. The Balaban J connectivity index is 2.50. The quantitative estimate of drug-likeness (QED) is 0.757. The zero-order valence-corrected chi connectivity index (χ0v) is 11.4. The van der Waals surface area contributed by atoms with Gasteiger partial charge in [-0.3, -0.25) is 4.79 Å². The first kappa shape index (κ1) is 13.8. The van der Waals surface area contributed by atoms with Gasteiger partial charge in [0.15, 0.2) is 0 Å². The summed E-state index contributed by atoms with van der Waals surface area (Å²) in [4.78, 5) is 12.2. The second-order valence-electron chi connectivity index (χ2n) is 5.52. The van der Waals surface area contributed by atoms with Crippen LogP contribution in [0.25, 0.3) is 0 Å². The van der Waals surface area contributed by atoms with Crippen LogP contribution in [-0.2, 0) is 4.79 Å². The van der Waals surface area contributed by atoms with Crippen LogP contribution in [0.4, 0.5) is 0 Å². The Morgan fingerprint density at radius 3 is 2.38 bits per heavy atom. The average Bonchev–Trinajstić information content (AvgIpc) is 2.28. The molecule has 0 aromatic rings. The lowest BCUT2D eigenvalue weighted by atomic mass is 9.75. The maximum Gasteiger partial charge on any atom is 0.226 e. The maximum absolute atomic E-state index is 12.2. The third kappa shape index (κ3) is 3.38. The van der Waals surface area contributed by atoms with Crippen molar-refractivity contribution >= 4 is 17.5 Å². The van der Waals surface area contributed by atoms with Crippen molar-refractivity contribution in [3.8, 4) is 0 Å². The number of carbonyl (C=O) groups is 1. The van der Waals surface area contributed by atoms with Crippen LogP contribution in [0, 0.1) is 11.3 Å². The number of hydrogen-bond acceptors (Lipinski definition) is 1. The first-order chi connectivity index (χ1) is 7.49. The highest BCUT2D eigenvalue weighted by Crippen LogP contribution is 2.36. The van der Waals surface area contributed by atoms with Gasteiger partial charge < -0.3 is 5.32 Å². The van der Waals surface area contributed by atoms with Crippen LogP contribution in [0.3, 0.4) is 0 Å². The second kappa shape index (κ2) is 5.90. The van der Waals surface area contributed by atoms with E-state index in [0.29, 0.717) is 11.8 Å². The molecule has 0 aliphatic heterocycles. The Labute approximate surface area is 104 Å². The van der Waals surface area contributed by atoms with E-state index in [4.69, 9.17) is 11.6 Å². The molecular weight excluding hydrogens is 222 g/mol. The summed E-state index contributed by atoms with van der Waals surface area (Å²) in [5.41, 5.74) is -0.140. The molecule has 0 spiro atoms. The SMILES string of the molecule is CC(CCl)C(C)NC(=O)C1(C)CCCCC1. The summed E-state index contributed by atoms with van der Waals surface area (Å²) in [5, 5.41) is 3.12. The highest BCUT2D eigenvalue weighted by atomic mass is 35.5. The molecule has 0 aromatic heterocycles. The molecule has 1 aliphatic rings. The third-order valence-corrected chi connectivity index (χ3v) is 4.45. The first-order valence-electron chi connectivity index (χ1n) is 6.36. The van der Waals surface area contributed by atoms with Gasteiger partial charge in [0.25, 0.3) is 0 Å². The standard InChI is InChI=1S/C13H24ClNO/c1-10(9-14)11(2)15-12(16)13(3)7-5-4-6-8-13/h10-11H,4-9H2,1-3H3,(H,15,16). The van der Waals surface area contributed by atoms with Gasteiger partial charge >= 0.3 is 0 Å². The molecule has 0 radical (unpaired) electrons. The summed E-state index contributed by atoms with van der Waals surface area (Å²) in [7, 11) is 0.